The molecule has 0 aromatic heterocycles. The van der Waals surface area contributed by atoms with Gasteiger partial charge < -0.3 is 15.0 Å². The first-order chi connectivity index (χ1) is 9.65. The first-order valence-electron chi connectivity index (χ1n) is 7.00. The fourth-order valence-electron chi connectivity index (χ4n) is 2.55. The molecule has 1 amide bonds. The molecule has 1 atom stereocenters. The van der Waals surface area contributed by atoms with Gasteiger partial charge in [-0.1, -0.05) is 6.07 Å². The zero-order valence-corrected chi connectivity index (χ0v) is 12.4. The van der Waals surface area contributed by atoms with Crippen LogP contribution in [0, 0.1) is 0 Å². The van der Waals surface area contributed by atoms with E-state index in [4.69, 9.17) is 4.74 Å². The fourth-order valence-corrected chi connectivity index (χ4v) is 2.55. The van der Waals surface area contributed by atoms with Crippen molar-refractivity contribution in [2.24, 2.45) is 0 Å². The summed E-state index contributed by atoms with van der Waals surface area (Å²) in [6.45, 7) is 5.60. The van der Waals surface area contributed by atoms with Gasteiger partial charge in [0.2, 0.25) is 5.91 Å². The Balaban J connectivity index is 1.95. The van der Waals surface area contributed by atoms with Crippen molar-refractivity contribution >= 4 is 11.6 Å². The largest absolute Gasteiger partial charge is 0.497 e. The van der Waals surface area contributed by atoms with E-state index in [2.05, 4.69) is 27.2 Å². The maximum Gasteiger partial charge on any atom is 0.236 e. The molecule has 1 saturated heterocycles. The average molecular weight is 277 g/mol. The number of hydrogen-bond donors (Lipinski definition) is 1. The highest BCUT2D eigenvalue weighted by Crippen LogP contribution is 2.22. The van der Waals surface area contributed by atoms with Crippen LogP contribution in [0.15, 0.2) is 24.3 Å². The average Bonchev–Trinajstić information content (AvgIpc) is 2.53. The van der Waals surface area contributed by atoms with Crippen LogP contribution >= 0.6 is 0 Å². The van der Waals surface area contributed by atoms with E-state index >= 15 is 0 Å². The van der Waals surface area contributed by atoms with Crippen molar-refractivity contribution in [3.05, 3.63) is 24.3 Å². The van der Waals surface area contributed by atoms with E-state index in [1.165, 1.54) is 5.69 Å². The summed E-state index contributed by atoms with van der Waals surface area (Å²) in [7, 11) is 3.37. The number of nitrogens with zero attached hydrogens (tertiary/aromatic N) is 2. The van der Waals surface area contributed by atoms with Crippen molar-refractivity contribution in [3.8, 4) is 5.75 Å². The predicted octanol–water partition coefficient (Wildman–Crippen LogP) is 0.952. The summed E-state index contributed by atoms with van der Waals surface area (Å²) in [5.74, 6) is 0.962. The Bertz CT molecular complexity index is 456. The van der Waals surface area contributed by atoms with Crippen LogP contribution in [0.1, 0.15) is 6.92 Å². The number of nitrogens with one attached hydrogen (secondary N) is 1. The van der Waals surface area contributed by atoms with E-state index in [0.717, 1.165) is 31.9 Å². The standard InChI is InChI=1S/C15H23N3O2/c1-12(15(19)16-2)17-7-9-18(10-8-17)13-5-4-6-14(11-13)20-3/h4-6,11-12H,7-10H2,1-3H3,(H,16,19). The third-order valence-electron chi connectivity index (χ3n) is 3.91. The molecule has 1 fully saturated rings. The molecule has 2 rings (SSSR count). The molecule has 5 nitrogen and oxygen atoms in total. The van der Waals surface area contributed by atoms with Gasteiger partial charge in [-0.2, -0.15) is 0 Å². The maximum absolute atomic E-state index is 11.7. The van der Waals surface area contributed by atoms with Crippen molar-refractivity contribution in [1.29, 1.82) is 0 Å². The second-order valence-corrected chi connectivity index (χ2v) is 5.01. The summed E-state index contributed by atoms with van der Waals surface area (Å²) in [6.07, 6.45) is 0. The minimum Gasteiger partial charge on any atom is -0.497 e. The summed E-state index contributed by atoms with van der Waals surface area (Å²) in [6, 6.07) is 8.05. The molecule has 110 valence electrons. The molecule has 0 spiro atoms. The number of carbonyl (C=O) groups is 1. The molecule has 1 aliphatic heterocycles. The van der Waals surface area contributed by atoms with Crippen LogP contribution in [-0.4, -0.2) is 57.2 Å². The Morgan fingerprint density at radius 2 is 2.00 bits per heavy atom. The maximum atomic E-state index is 11.7. The lowest BCUT2D eigenvalue weighted by atomic mass is 10.2. The topological polar surface area (TPSA) is 44.8 Å². The summed E-state index contributed by atoms with van der Waals surface area (Å²) in [5, 5.41) is 2.71. The smallest absolute Gasteiger partial charge is 0.236 e. The molecular weight excluding hydrogens is 254 g/mol. The van der Waals surface area contributed by atoms with Gasteiger partial charge in [0.15, 0.2) is 0 Å². The van der Waals surface area contributed by atoms with E-state index in [1.807, 2.05) is 19.1 Å². The molecule has 5 heteroatoms. The zero-order chi connectivity index (χ0) is 14.5. The van der Waals surface area contributed by atoms with Gasteiger partial charge in [0.25, 0.3) is 0 Å². The number of anilines is 1. The van der Waals surface area contributed by atoms with Crippen molar-refractivity contribution in [2.45, 2.75) is 13.0 Å². The molecule has 0 radical (unpaired) electrons. The van der Waals surface area contributed by atoms with Crippen LogP contribution < -0.4 is 15.0 Å². The molecule has 1 heterocycles. The van der Waals surface area contributed by atoms with Gasteiger partial charge in [0.1, 0.15) is 5.75 Å². The Labute approximate surface area is 120 Å². The lowest BCUT2D eigenvalue weighted by Gasteiger charge is -2.38. The minimum atomic E-state index is -0.0625. The highest BCUT2D eigenvalue weighted by molar-refractivity contribution is 5.81. The number of rotatable bonds is 4. The van der Waals surface area contributed by atoms with Gasteiger partial charge in [-0.25, -0.2) is 0 Å². The van der Waals surface area contributed by atoms with Gasteiger partial charge in [0, 0.05) is 45.0 Å². The lowest BCUT2D eigenvalue weighted by Crippen LogP contribution is -2.53. The predicted molar refractivity (Wildman–Crippen MR) is 80.3 cm³/mol. The van der Waals surface area contributed by atoms with Crippen LogP contribution in [0.25, 0.3) is 0 Å². The van der Waals surface area contributed by atoms with Crippen LogP contribution in [0.5, 0.6) is 5.75 Å². The number of methoxy groups -OCH3 is 1. The summed E-state index contributed by atoms with van der Waals surface area (Å²) >= 11 is 0. The quantitative estimate of drug-likeness (QED) is 0.890. The molecule has 1 N–H and O–H groups in total. The Kier molecular flexibility index (Phi) is 4.84. The van der Waals surface area contributed by atoms with E-state index in [0.29, 0.717) is 0 Å². The highest BCUT2D eigenvalue weighted by Gasteiger charge is 2.24. The first-order valence-corrected chi connectivity index (χ1v) is 7.00. The Morgan fingerprint density at radius 3 is 2.60 bits per heavy atom. The number of benzene rings is 1. The lowest BCUT2D eigenvalue weighted by molar-refractivity contribution is -0.125. The minimum absolute atomic E-state index is 0.0625. The molecule has 0 aliphatic carbocycles. The van der Waals surface area contributed by atoms with Crippen LogP contribution in [0.2, 0.25) is 0 Å². The molecule has 0 saturated carbocycles. The summed E-state index contributed by atoms with van der Waals surface area (Å²) in [5.41, 5.74) is 1.18. The van der Waals surface area contributed by atoms with Crippen molar-refractivity contribution in [2.75, 3.05) is 45.2 Å². The Morgan fingerprint density at radius 1 is 1.30 bits per heavy atom. The van der Waals surface area contributed by atoms with Crippen molar-refractivity contribution in [3.63, 3.8) is 0 Å². The van der Waals surface area contributed by atoms with Gasteiger partial charge >= 0.3 is 0 Å². The molecule has 0 bridgehead atoms. The van der Waals surface area contributed by atoms with Crippen LogP contribution in [0.3, 0.4) is 0 Å². The molecule has 1 unspecified atom stereocenters. The van der Waals surface area contributed by atoms with Gasteiger partial charge in [-0.05, 0) is 19.1 Å². The van der Waals surface area contributed by atoms with Gasteiger partial charge in [-0.15, -0.1) is 0 Å². The fraction of sp³-hybridized carbons (Fsp3) is 0.533. The highest BCUT2D eigenvalue weighted by atomic mass is 16.5. The van der Waals surface area contributed by atoms with Gasteiger partial charge in [0.05, 0.1) is 13.2 Å². The third kappa shape index (κ3) is 3.22. The van der Waals surface area contributed by atoms with Gasteiger partial charge in [-0.3, -0.25) is 9.69 Å². The molecule has 1 aromatic carbocycles. The number of likely N-dealkylation sites (N-methyl/N-ethyl adjacent to an activating group) is 1. The second-order valence-electron chi connectivity index (χ2n) is 5.01. The number of piperazine rings is 1. The molecule has 1 aliphatic rings. The summed E-state index contributed by atoms with van der Waals surface area (Å²) < 4.78 is 5.26. The third-order valence-corrected chi connectivity index (χ3v) is 3.91. The molecule has 1 aromatic rings. The number of hydrogen-bond acceptors (Lipinski definition) is 4. The van der Waals surface area contributed by atoms with E-state index in [1.54, 1.807) is 14.2 Å². The second kappa shape index (κ2) is 6.61. The number of ether oxygens (including phenoxy) is 1. The van der Waals surface area contributed by atoms with E-state index in [9.17, 15) is 4.79 Å². The summed E-state index contributed by atoms with van der Waals surface area (Å²) in [4.78, 5) is 16.2. The van der Waals surface area contributed by atoms with Crippen LogP contribution in [0.4, 0.5) is 5.69 Å². The van der Waals surface area contributed by atoms with Crippen LogP contribution in [-0.2, 0) is 4.79 Å². The first kappa shape index (κ1) is 14.7. The number of amides is 1. The molecular formula is C15H23N3O2. The zero-order valence-electron chi connectivity index (χ0n) is 12.4. The monoisotopic (exact) mass is 277 g/mol. The van der Waals surface area contributed by atoms with E-state index < -0.39 is 0 Å². The molecule has 20 heavy (non-hydrogen) atoms. The SMILES string of the molecule is CNC(=O)C(C)N1CCN(c2cccc(OC)c2)CC1. The Hall–Kier alpha value is -1.75. The van der Waals surface area contributed by atoms with E-state index in [-0.39, 0.29) is 11.9 Å². The van der Waals surface area contributed by atoms with Crippen molar-refractivity contribution in [1.82, 2.24) is 10.2 Å². The van der Waals surface area contributed by atoms with Crippen molar-refractivity contribution < 1.29 is 9.53 Å². The normalized spacial score (nSPS) is 17.6. The number of carbonyl (C=O) groups excluding carboxylic acids is 1.